The predicted octanol–water partition coefficient (Wildman–Crippen LogP) is -4.12. The number of rotatable bonds is 0. The van der Waals surface area contributed by atoms with E-state index < -0.39 is 14.5 Å². The van der Waals surface area contributed by atoms with Crippen molar-refractivity contribution in [1.82, 2.24) is 0 Å². The van der Waals surface area contributed by atoms with Gasteiger partial charge in [-0.05, 0) is 0 Å². The van der Waals surface area contributed by atoms with Crippen LogP contribution in [0.3, 0.4) is 0 Å². The topological polar surface area (TPSA) is 77.8 Å². The van der Waals surface area contributed by atoms with Gasteiger partial charge in [0.1, 0.15) is 0 Å². The Morgan fingerprint density at radius 3 is 0.875 bits per heavy atom. The molecule has 0 unspecified atom stereocenters. The van der Waals surface area contributed by atoms with Gasteiger partial charge in [0.25, 0.3) is 0 Å². The fourth-order valence-corrected chi connectivity index (χ4v) is 0. The third-order valence-corrected chi connectivity index (χ3v) is 0. The summed E-state index contributed by atoms with van der Waals surface area (Å²) in [6.45, 7) is 0. The molecule has 0 aromatic carbocycles. The Balaban J connectivity index is -0.0000000267. The van der Waals surface area contributed by atoms with Crippen LogP contribution in [-0.2, 0) is 3.74 Å². The molecule has 0 fully saturated rings. The van der Waals surface area contributed by atoms with Crippen molar-refractivity contribution in [1.29, 1.82) is 0 Å². The zero-order valence-corrected chi connectivity index (χ0v) is 4.07. The molecule has 0 amide bonds. The maximum atomic E-state index is 8.94. The molecule has 38 valence electrons. The molecule has 8 heteroatoms. The van der Waals surface area contributed by atoms with Gasteiger partial charge in [0, 0.05) is 0 Å². The summed E-state index contributed by atoms with van der Waals surface area (Å²) in [5.74, 6) is 0. The summed E-state index contributed by atoms with van der Waals surface area (Å²) in [6.07, 6.45) is 0. The van der Waals surface area contributed by atoms with Gasteiger partial charge in [0.2, 0.25) is 0 Å². The van der Waals surface area contributed by atoms with Crippen LogP contribution in [-0.4, -0.2) is 115 Å². The van der Waals surface area contributed by atoms with Crippen molar-refractivity contribution in [2.45, 2.75) is 0 Å². The summed E-state index contributed by atoms with van der Waals surface area (Å²) in [5.41, 5.74) is 0. The molecule has 0 saturated heterocycles. The average molecular weight is 214 g/mol. The van der Waals surface area contributed by atoms with E-state index in [2.05, 4.69) is 0 Å². The molecule has 0 aliphatic heterocycles. The second-order valence-electron chi connectivity index (χ2n) is 0.513. The molecule has 4 nitrogen and oxygen atoms in total. The van der Waals surface area contributed by atoms with Crippen LogP contribution < -0.4 is 0 Å². The third kappa shape index (κ3) is 59.8. The van der Waals surface area contributed by atoms with Crippen LogP contribution in [0.15, 0.2) is 0 Å². The second-order valence-corrected chi connectivity index (χ2v) is 2.67. The molecule has 0 rings (SSSR count). The fraction of sp³-hybridized carbons (Fsp3) is 0. The van der Waals surface area contributed by atoms with Crippen LogP contribution in [0.5, 0.6) is 0 Å². The second kappa shape index (κ2) is 10.2. The molecule has 0 aliphatic carbocycles. The summed E-state index contributed by atoms with van der Waals surface area (Å²) in [5, 5.41) is 0. The van der Waals surface area contributed by atoms with Gasteiger partial charge in [0.05, 0.1) is 0 Å². The molecule has 0 radical (unpaired) electrons. The molecular weight excluding hydrogens is 208 g/mol. The van der Waals surface area contributed by atoms with Crippen molar-refractivity contribution >= 4 is 103 Å². The molecule has 0 aromatic heterocycles. The molecule has 0 heterocycles. The molecule has 0 bridgehead atoms. The van der Waals surface area contributed by atoms with Gasteiger partial charge in [-0.2, -0.15) is 0 Å². The van der Waals surface area contributed by atoms with Crippen LogP contribution in [0.2, 0.25) is 0 Å². The van der Waals surface area contributed by atoms with Gasteiger partial charge in [0.15, 0.2) is 0 Å². The van der Waals surface area contributed by atoms with Gasteiger partial charge in [-0.25, -0.2) is 0 Å². The number of hydrogen-bond donors (Lipinski definition) is 3. The van der Waals surface area contributed by atoms with Gasteiger partial charge < -0.3 is 0 Å². The first kappa shape index (κ1) is 22.5. The van der Waals surface area contributed by atoms with Crippen molar-refractivity contribution in [3.8, 4) is 0 Å². The normalized spacial score (nSPS) is 7.38. The Hall–Kier alpha value is 3.24. The van der Waals surface area contributed by atoms with Crippen molar-refractivity contribution in [2.24, 2.45) is 0 Å². The Labute approximate surface area is 117 Å². The van der Waals surface area contributed by atoms with Gasteiger partial charge in [-0.3, -0.25) is 0 Å². The van der Waals surface area contributed by atoms with Gasteiger partial charge in [-0.15, -0.1) is 0 Å². The molecule has 0 atom stereocenters. The summed E-state index contributed by atoms with van der Waals surface area (Å²) < 4.78 is 30.7. The first-order chi connectivity index (χ1) is 2.00. The molecule has 8 heavy (non-hydrogen) atoms. The van der Waals surface area contributed by atoms with E-state index in [9.17, 15) is 0 Å². The van der Waals surface area contributed by atoms with Crippen LogP contribution in [0.4, 0.5) is 0 Å². The predicted molar refractivity (Wildman–Crippen MR) is 34.5 cm³/mol. The van der Waals surface area contributed by atoms with Gasteiger partial charge >= 0.3 is 119 Å². The Morgan fingerprint density at radius 2 is 0.875 bits per heavy atom. The van der Waals surface area contributed by atoms with E-state index in [-0.39, 0.29) is 88.7 Å². The molecule has 0 aliphatic rings. The maximum absolute atomic E-state index is 8.94. The molecule has 3 N–H and O–H groups in total. The Morgan fingerprint density at radius 1 is 0.875 bits per heavy atom. The molecule has 0 spiro atoms. The van der Waals surface area contributed by atoms with Crippen molar-refractivity contribution in [2.75, 3.05) is 0 Å². The molecular formula is H6AsNa3O4. The zero-order chi connectivity index (χ0) is 4.50. The Bertz CT molecular complexity index is 57.4. The van der Waals surface area contributed by atoms with E-state index in [0.29, 0.717) is 0 Å². The minimum absolute atomic E-state index is 0. The first-order valence-electron chi connectivity index (χ1n) is 0.783. The monoisotopic (exact) mass is 214 g/mol. The van der Waals surface area contributed by atoms with E-state index in [1.807, 2.05) is 0 Å². The quantitative estimate of drug-likeness (QED) is 0.358. The van der Waals surface area contributed by atoms with Crippen molar-refractivity contribution < 1.29 is 16.0 Å². The SMILES string of the molecule is O=[As](O)(O)O.[NaH].[NaH].[NaH]. The standard InChI is InChI=1S/AsH3O4.3Na.3H/c2-1(3,4)5;;;;;;/h(H3,2,3,4,5);;;;;;. The summed E-state index contributed by atoms with van der Waals surface area (Å²) in [7, 11) is 0. The van der Waals surface area contributed by atoms with Crippen molar-refractivity contribution in [3.05, 3.63) is 0 Å². The van der Waals surface area contributed by atoms with Crippen molar-refractivity contribution in [3.63, 3.8) is 0 Å². The fourth-order valence-electron chi connectivity index (χ4n) is 0. The summed E-state index contributed by atoms with van der Waals surface area (Å²) >= 11 is -5.12. The summed E-state index contributed by atoms with van der Waals surface area (Å²) in [6, 6.07) is 0. The van der Waals surface area contributed by atoms with Gasteiger partial charge in [-0.1, -0.05) is 0 Å². The average Bonchev–Trinajstić information content (AvgIpc) is 0.722. The first-order valence-corrected chi connectivity index (χ1v) is 4.07. The Kier molecular flexibility index (Phi) is 28.8. The minimum atomic E-state index is -5.12. The van der Waals surface area contributed by atoms with E-state index in [0.717, 1.165) is 0 Å². The van der Waals surface area contributed by atoms with E-state index in [4.69, 9.17) is 16.0 Å². The van der Waals surface area contributed by atoms with Crippen LogP contribution in [0, 0.1) is 0 Å². The van der Waals surface area contributed by atoms with Crippen LogP contribution in [0.1, 0.15) is 0 Å². The third-order valence-electron chi connectivity index (χ3n) is 0. The number of hydrogen-bond acceptors (Lipinski definition) is 1. The van der Waals surface area contributed by atoms with Crippen LogP contribution >= 0.6 is 0 Å². The molecule has 0 saturated carbocycles. The molecule has 0 aromatic rings. The zero-order valence-electron chi connectivity index (χ0n) is 2.20. The van der Waals surface area contributed by atoms with Crippen LogP contribution in [0.25, 0.3) is 0 Å². The van der Waals surface area contributed by atoms with E-state index in [1.165, 1.54) is 0 Å². The van der Waals surface area contributed by atoms with E-state index in [1.54, 1.807) is 0 Å². The van der Waals surface area contributed by atoms with E-state index >= 15 is 0 Å². The summed E-state index contributed by atoms with van der Waals surface area (Å²) in [4.78, 5) is 0.